The molecule has 1 aromatic rings. The smallest absolute Gasteiger partial charge is 0.294 e. The van der Waals surface area contributed by atoms with Crippen LogP contribution in [0.4, 0.5) is 5.69 Å². The van der Waals surface area contributed by atoms with Crippen molar-refractivity contribution in [3.05, 3.63) is 29.8 Å². The zero-order valence-corrected chi connectivity index (χ0v) is 10.6. The first-order chi connectivity index (χ1) is 8.58. The number of para-hydroxylation sites is 1. The van der Waals surface area contributed by atoms with Crippen LogP contribution in [0.1, 0.15) is 29.6 Å². The number of nitrogens with zero attached hydrogens (tertiary/aromatic N) is 1. The summed E-state index contributed by atoms with van der Waals surface area (Å²) in [4.78, 5) is 11.8. The number of fused-ring (bicyclic) bond motifs is 1. The van der Waals surface area contributed by atoms with E-state index in [0.717, 1.165) is 12.8 Å². The van der Waals surface area contributed by atoms with Crippen LogP contribution >= 0.6 is 0 Å². The molecule has 0 spiro atoms. The molecular weight excluding hydrogens is 252 g/mol. The minimum absolute atomic E-state index is 0.00321. The van der Waals surface area contributed by atoms with Gasteiger partial charge in [-0.15, -0.1) is 0 Å². The maximum Gasteiger partial charge on any atom is 0.301 e. The minimum atomic E-state index is -3.53. The second-order valence-corrected chi connectivity index (χ2v) is 6.29. The van der Waals surface area contributed by atoms with Gasteiger partial charge in [-0.3, -0.25) is 9.10 Å². The number of hydrogen-bond acceptors (Lipinski definition) is 3. The Balaban J connectivity index is 1.99. The van der Waals surface area contributed by atoms with E-state index in [2.05, 4.69) is 4.72 Å². The molecule has 1 saturated carbocycles. The number of nitrogens with one attached hydrogen (secondary N) is 1. The summed E-state index contributed by atoms with van der Waals surface area (Å²) in [6, 6.07) is 6.92. The molecule has 2 aliphatic rings. The van der Waals surface area contributed by atoms with E-state index in [1.807, 2.05) is 0 Å². The van der Waals surface area contributed by atoms with Gasteiger partial charge in [-0.1, -0.05) is 12.1 Å². The van der Waals surface area contributed by atoms with Crippen molar-refractivity contribution < 1.29 is 13.2 Å². The van der Waals surface area contributed by atoms with Gasteiger partial charge >= 0.3 is 10.2 Å². The standard InChI is InChI=1S/C12H14N2O3S/c15-12-7-8-14(11-4-2-1-3-10(11)12)18(16,17)13-9-5-6-9/h1-4,9,13H,5-8H2. The molecular formula is C12H14N2O3S. The van der Waals surface area contributed by atoms with Crippen molar-refractivity contribution in [2.24, 2.45) is 0 Å². The van der Waals surface area contributed by atoms with Crippen molar-refractivity contribution in [3.63, 3.8) is 0 Å². The van der Waals surface area contributed by atoms with E-state index in [9.17, 15) is 13.2 Å². The van der Waals surface area contributed by atoms with Crippen molar-refractivity contribution >= 4 is 21.7 Å². The van der Waals surface area contributed by atoms with Crippen molar-refractivity contribution in [1.82, 2.24) is 4.72 Å². The third-order valence-electron chi connectivity index (χ3n) is 3.20. The molecule has 0 saturated heterocycles. The third kappa shape index (κ3) is 2.02. The molecule has 0 aromatic heterocycles. The number of carbonyl (C=O) groups is 1. The fourth-order valence-electron chi connectivity index (χ4n) is 2.11. The molecule has 6 heteroatoms. The fourth-order valence-corrected chi connectivity index (χ4v) is 3.64. The molecule has 1 aromatic carbocycles. The Morgan fingerprint density at radius 3 is 2.67 bits per heavy atom. The van der Waals surface area contributed by atoms with E-state index in [0.29, 0.717) is 11.3 Å². The summed E-state index contributed by atoms with van der Waals surface area (Å²) in [7, 11) is -3.53. The van der Waals surface area contributed by atoms with Gasteiger partial charge in [0.2, 0.25) is 0 Å². The van der Waals surface area contributed by atoms with Crippen LogP contribution in [0.5, 0.6) is 0 Å². The largest absolute Gasteiger partial charge is 0.301 e. The molecule has 0 unspecified atom stereocenters. The molecule has 0 radical (unpaired) electrons. The van der Waals surface area contributed by atoms with Crippen LogP contribution in [0.2, 0.25) is 0 Å². The molecule has 1 aliphatic carbocycles. The maximum atomic E-state index is 12.2. The molecule has 3 rings (SSSR count). The van der Waals surface area contributed by atoms with Gasteiger partial charge in [-0.05, 0) is 25.0 Å². The van der Waals surface area contributed by atoms with E-state index in [1.165, 1.54) is 4.31 Å². The highest BCUT2D eigenvalue weighted by Crippen LogP contribution is 2.30. The summed E-state index contributed by atoms with van der Waals surface area (Å²) in [5.41, 5.74) is 0.979. The van der Waals surface area contributed by atoms with Crippen LogP contribution < -0.4 is 9.03 Å². The number of rotatable bonds is 3. The second kappa shape index (κ2) is 4.07. The van der Waals surface area contributed by atoms with Gasteiger partial charge in [0.15, 0.2) is 5.78 Å². The van der Waals surface area contributed by atoms with Crippen LogP contribution in [0.15, 0.2) is 24.3 Å². The predicted molar refractivity (Wildman–Crippen MR) is 67.8 cm³/mol. The van der Waals surface area contributed by atoms with Crippen molar-refractivity contribution in [2.45, 2.75) is 25.3 Å². The summed E-state index contributed by atoms with van der Waals surface area (Å²) in [5, 5.41) is 0. The van der Waals surface area contributed by atoms with E-state index in [1.54, 1.807) is 24.3 Å². The highest BCUT2D eigenvalue weighted by atomic mass is 32.2. The van der Waals surface area contributed by atoms with E-state index < -0.39 is 10.2 Å². The summed E-state index contributed by atoms with van der Waals surface area (Å²) in [6.07, 6.45) is 2.03. The lowest BCUT2D eigenvalue weighted by Crippen LogP contribution is -2.45. The number of hydrogen-bond donors (Lipinski definition) is 1. The Morgan fingerprint density at radius 1 is 1.22 bits per heavy atom. The lowest BCUT2D eigenvalue weighted by molar-refractivity contribution is 0.0982. The topological polar surface area (TPSA) is 66.5 Å². The number of Topliss-reactive ketones (excluding diaryl/α,β-unsaturated/α-hetero) is 1. The average Bonchev–Trinajstić information content (AvgIpc) is 3.12. The van der Waals surface area contributed by atoms with Crippen LogP contribution in [0.25, 0.3) is 0 Å². The summed E-state index contributed by atoms with van der Waals surface area (Å²) < 4.78 is 28.4. The first kappa shape index (κ1) is 11.7. The van der Waals surface area contributed by atoms with Crippen molar-refractivity contribution in [3.8, 4) is 0 Å². The van der Waals surface area contributed by atoms with Gasteiger partial charge in [0, 0.05) is 24.6 Å². The monoisotopic (exact) mass is 266 g/mol. The summed E-state index contributed by atoms with van der Waals surface area (Å²) in [6.45, 7) is 0.220. The van der Waals surface area contributed by atoms with Gasteiger partial charge in [0.25, 0.3) is 0 Å². The van der Waals surface area contributed by atoms with Gasteiger partial charge in [0.05, 0.1) is 5.69 Å². The molecule has 96 valence electrons. The molecule has 0 bridgehead atoms. The Labute approximate surface area is 106 Å². The molecule has 1 heterocycles. The predicted octanol–water partition coefficient (Wildman–Crippen LogP) is 1.08. The third-order valence-corrected chi connectivity index (χ3v) is 4.79. The summed E-state index contributed by atoms with van der Waals surface area (Å²) in [5.74, 6) is 0.00321. The number of anilines is 1. The SMILES string of the molecule is O=C1CCN(S(=O)(=O)NC2CC2)c2ccccc21. The number of ketones is 1. The normalized spacial score (nSPS) is 19.8. The number of carbonyl (C=O) groups excluding carboxylic acids is 1. The van der Waals surface area contributed by atoms with Gasteiger partial charge < -0.3 is 0 Å². The van der Waals surface area contributed by atoms with Crippen LogP contribution in [-0.2, 0) is 10.2 Å². The van der Waals surface area contributed by atoms with Crippen LogP contribution in [0, 0.1) is 0 Å². The lowest BCUT2D eigenvalue weighted by Gasteiger charge is -2.29. The summed E-state index contributed by atoms with van der Waals surface area (Å²) >= 11 is 0. The minimum Gasteiger partial charge on any atom is -0.294 e. The Kier molecular flexibility index (Phi) is 2.64. The molecule has 5 nitrogen and oxygen atoms in total. The van der Waals surface area contributed by atoms with Crippen molar-refractivity contribution in [1.29, 1.82) is 0 Å². The average molecular weight is 266 g/mol. The van der Waals surface area contributed by atoms with E-state index in [4.69, 9.17) is 0 Å². The fraction of sp³-hybridized carbons (Fsp3) is 0.417. The Hall–Kier alpha value is -1.40. The second-order valence-electron chi connectivity index (χ2n) is 4.66. The quantitative estimate of drug-likeness (QED) is 0.890. The lowest BCUT2D eigenvalue weighted by atomic mass is 10.0. The van der Waals surface area contributed by atoms with Crippen LogP contribution in [-0.4, -0.2) is 26.8 Å². The molecule has 1 N–H and O–H groups in total. The molecule has 1 aliphatic heterocycles. The molecule has 1 fully saturated rings. The molecule has 18 heavy (non-hydrogen) atoms. The van der Waals surface area contributed by atoms with Gasteiger partial charge in [0.1, 0.15) is 0 Å². The van der Waals surface area contributed by atoms with Crippen LogP contribution in [0.3, 0.4) is 0 Å². The zero-order chi connectivity index (χ0) is 12.8. The van der Waals surface area contributed by atoms with E-state index in [-0.39, 0.29) is 24.8 Å². The Morgan fingerprint density at radius 2 is 1.94 bits per heavy atom. The first-order valence-electron chi connectivity index (χ1n) is 6.00. The molecule has 0 atom stereocenters. The highest BCUT2D eigenvalue weighted by molar-refractivity contribution is 7.90. The highest BCUT2D eigenvalue weighted by Gasteiger charge is 2.34. The van der Waals surface area contributed by atoms with Gasteiger partial charge in [-0.2, -0.15) is 13.1 Å². The number of benzene rings is 1. The first-order valence-corrected chi connectivity index (χ1v) is 7.44. The van der Waals surface area contributed by atoms with Gasteiger partial charge in [-0.25, -0.2) is 0 Å². The van der Waals surface area contributed by atoms with E-state index >= 15 is 0 Å². The maximum absolute atomic E-state index is 12.2. The molecule has 0 amide bonds. The zero-order valence-electron chi connectivity index (χ0n) is 9.80. The Bertz CT molecular complexity index is 593. The van der Waals surface area contributed by atoms with Crippen molar-refractivity contribution in [2.75, 3.05) is 10.8 Å².